The van der Waals surface area contributed by atoms with E-state index in [0.717, 1.165) is 12.8 Å². The Balaban J connectivity index is 2.38. The summed E-state index contributed by atoms with van der Waals surface area (Å²) < 4.78 is 28.0. The number of hydrogen-bond acceptors (Lipinski definition) is 2. The van der Waals surface area contributed by atoms with E-state index in [-0.39, 0.29) is 23.9 Å². The van der Waals surface area contributed by atoms with Crippen LogP contribution in [0.2, 0.25) is 0 Å². The summed E-state index contributed by atoms with van der Waals surface area (Å²) in [5.74, 6) is -0.741. The minimum absolute atomic E-state index is 0.0475. The van der Waals surface area contributed by atoms with Crippen LogP contribution in [0.3, 0.4) is 0 Å². The van der Waals surface area contributed by atoms with Crippen LogP contribution in [0.4, 0.5) is 14.5 Å². The van der Waals surface area contributed by atoms with Gasteiger partial charge in [0.05, 0.1) is 6.61 Å². The van der Waals surface area contributed by atoms with E-state index in [9.17, 15) is 8.78 Å². The zero-order valence-electron chi connectivity index (χ0n) is 10.8. The molecule has 1 saturated heterocycles. The first-order valence-electron chi connectivity index (χ1n) is 6.40. The molecular weight excluding hydrogens is 236 g/mol. The van der Waals surface area contributed by atoms with Gasteiger partial charge in [0.25, 0.3) is 0 Å². The summed E-state index contributed by atoms with van der Waals surface area (Å²) in [4.78, 5) is 1.81. The summed E-state index contributed by atoms with van der Waals surface area (Å²) in [6.45, 7) is 4.44. The highest BCUT2D eigenvalue weighted by Crippen LogP contribution is 2.32. The Morgan fingerprint density at radius 1 is 1.28 bits per heavy atom. The summed E-state index contributed by atoms with van der Waals surface area (Å²) in [6, 6.07) is 2.55. The van der Waals surface area contributed by atoms with E-state index in [0.29, 0.717) is 12.5 Å². The molecule has 0 saturated carbocycles. The highest BCUT2D eigenvalue weighted by Gasteiger charge is 2.28. The van der Waals surface area contributed by atoms with Gasteiger partial charge in [-0.25, -0.2) is 8.78 Å². The van der Waals surface area contributed by atoms with Crippen molar-refractivity contribution in [2.24, 2.45) is 5.92 Å². The van der Waals surface area contributed by atoms with Crippen molar-refractivity contribution in [3.05, 3.63) is 29.3 Å². The third kappa shape index (κ3) is 2.34. The van der Waals surface area contributed by atoms with E-state index in [1.54, 1.807) is 4.90 Å². The van der Waals surface area contributed by atoms with Gasteiger partial charge in [-0.3, -0.25) is 0 Å². The monoisotopic (exact) mass is 255 g/mol. The van der Waals surface area contributed by atoms with Crippen LogP contribution in [0, 0.1) is 17.6 Å². The minimum atomic E-state index is -0.583. The van der Waals surface area contributed by atoms with E-state index >= 15 is 0 Å². The van der Waals surface area contributed by atoms with Gasteiger partial charge >= 0.3 is 0 Å². The first-order valence-corrected chi connectivity index (χ1v) is 6.40. The molecular formula is C14H19F2NO. The van der Waals surface area contributed by atoms with E-state index in [1.807, 2.05) is 6.92 Å². The van der Waals surface area contributed by atoms with Gasteiger partial charge in [-0.05, 0) is 43.4 Å². The van der Waals surface area contributed by atoms with Gasteiger partial charge in [0, 0.05) is 12.6 Å². The van der Waals surface area contributed by atoms with Crippen molar-refractivity contribution in [3.63, 3.8) is 0 Å². The number of nitrogens with zero attached hydrogens (tertiary/aromatic N) is 1. The topological polar surface area (TPSA) is 23.5 Å². The number of rotatable bonds is 2. The molecule has 100 valence electrons. The van der Waals surface area contributed by atoms with Gasteiger partial charge in [0.2, 0.25) is 0 Å². The normalized spacial score (nSPS) is 24.4. The summed E-state index contributed by atoms with van der Waals surface area (Å²) in [6.07, 6.45) is 2.04. The third-order valence-electron chi connectivity index (χ3n) is 3.92. The molecule has 0 aliphatic carbocycles. The summed E-state index contributed by atoms with van der Waals surface area (Å²) in [7, 11) is 0. The molecule has 2 atom stereocenters. The SMILES string of the molecule is CC1CCCN(c2c(F)cc(CO)cc2F)C1C. The highest BCUT2D eigenvalue weighted by atomic mass is 19.1. The van der Waals surface area contributed by atoms with Gasteiger partial charge < -0.3 is 10.0 Å². The molecule has 4 heteroatoms. The van der Waals surface area contributed by atoms with Crippen molar-refractivity contribution in [2.45, 2.75) is 39.3 Å². The Bertz CT molecular complexity index is 413. The smallest absolute Gasteiger partial charge is 0.149 e. The van der Waals surface area contributed by atoms with Crippen LogP contribution < -0.4 is 4.90 Å². The maximum atomic E-state index is 14.0. The Morgan fingerprint density at radius 3 is 2.44 bits per heavy atom. The molecule has 0 amide bonds. The molecule has 1 aromatic carbocycles. The summed E-state index contributed by atoms with van der Waals surface area (Å²) >= 11 is 0. The minimum Gasteiger partial charge on any atom is -0.392 e. The molecule has 2 unspecified atom stereocenters. The average molecular weight is 255 g/mol. The van der Waals surface area contributed by atoms with Gasteiger partial charge in [-0.15, -0.1) is 0 Å². The molecule has 1 fully saturated rings. The molecule has 0 aromatic heterocycles. The van der Waals surface area contributed by atoms with Gasteiger partial charge in [0.1, 0.15) is 17.3 Å². The Kier molecular flexibility index (Phi) is 3.85. The molecule has 1 N–H and O–H groups in total. The maximum Gasteiger partial charge on any atom is 0.149 e. The lowest BCUT2D eigenvalue weighted by Crippen LogP contribution is -2.43. The second-order valence-corrected chi connectivity index (χ2v) is 5.12. The lowest BCUT2D eigenvalue weighted by molar-refractivity contribution is 0.280. The number of hydrogen-bond donors (Lipinski definition) is 1. The molecule has 1 aliphatic rings. The standard InChI is InChI=1S/C14H19F2NO/c1-9-4-3-5-17(10(9)2)14-12(15)6-11(8-18)7-13(14)16/h6-7,9-10,18H,3-5,8H2,1-2H3. The van der Waals surface area contributed by atoms with Crippen LogP contribution in [0.15, 0.2) is 12.1 Å². The number of aliphatic hydroxyl groups is 1. The molecule has 0 bridgehead atoms. The van der Waals surface area contributed by atoms with E-state index in [2.05, 4.69) is 6.92 Å². The van der Waals surface area contributed by atoms with Crippen molar-refractivity contribution in [1.82, 2.24) is 0 Å². The number of aliphatic hydroxyl groups excluding tert-OH is 1. The predicted molar refractivity (Wildman–Crippen MR) is 67.5 cm³/mol. The van der Waals surface area contributed by atoms with Crippen molar-refractivity contribution >= 4 is 5.69 Å². The van der Waals surface area contributed by atoms with E-state index in [4.69, 9.17) is 5.11 Å². The van der Waals surface area contributed by atoms with Crippen molar-refractivity contribution in [3.8, 4) is 0 Å². The average Bonchev–Trinajstić information content (AvgIpc) is 2.33. The first kappa shape index (κ1) is 13.3. The number of piperidine rings is 1. The molecule has 0 spiro atoms. The molecule has 18 heavy (non-hydrogen) atoms. The zero-order chi connectivity index (χ0) is 13.3. The third-order valence-corrected chi connectivity index (χ3v) is 3.92. The number of anilines is 1. The summed E-state index contributed by atoms with van der Waals surface area (Å²) in [5.41, 5.74) is 0.317. The quantitative estimate of drug-likeness (QED) is 0.878. The second-order valence-electron chi connectivity index (χ2n) is 5.12. The van der Waals surface area contributed by atoms with Crippen LogP contribution in [-0.4, -0.2) is 17.7 Å². The number of benzene rings is 1. The molecule has 0 radical (unpaired) electrons. The van der Waals surface area contributed by atoms with E-state index in [1.165, 1.54) is 12.1 Å². The predicted octanol–water partition coefficient (Wildman–Crippen LogP) is 3.08. The fourth-order valence-corrected chi connectivity index (χ4v) is 2.63. The van der Waals surface area contributed by atoms with Crippen molar-refractivity contribution in [2.75, 3.05) is 11.4 Å². The van der Waals surface area contributed by atoms with Crippen LogP contribution in [-0.2, 0) is 6.61 Å². The van der Waals surface area contributed by atoms with Crippen molar-refractivity contribution in [1.29, 1.82) is 0 Å². The maximum absolute atomic E-state index is 14.0. The number of halogens is 2. The Morgan fingerprint density at radius 2 is 1.89 bits per heavy atom. The van der Waals surface area contributed by atoms with E-state index < -0.39 is 11.6 Å². The Hall–Kier alpha value is -1.16. The van der Waals surface area contributed by atoms with Crippen LogP contribution in [0.1, 0.15) is 32.3 Å². The van der Waals surface area contributed by atoms with Crippen LogP contribution in [0.25, 0.3) is 0 Å². The Labute approximate surface area is 106 Å². The van der Waals surface area contributed by atoms with Gasteiger partial charge in [-0.2, -0.15) is 0 Å². The van der Waals surface area contributed by atoms with Crippen LogP contribution >= 0.6 is 0 Å². The second kappa shape index (κ2) is 5.22. The van der Waals surface area contributed by atoms with Crippen LogP contribution in [0.5, 0.6) is 0 Å². The molecule has 2 rings (SSSR count). The first-order chi connectivity index (χ1) is 8.54. The fraction of sp³-hybridized carbons (Fsp3) is 0.571. The summed E-state index contributed by atoms with van der Waals surface area (Å²) in [5, 5.41) is 8.93. The fourth-order valence-electron chi connectivity index (χ4n) is 2.63. The van der Waals surface area contributed by atoms with Gasteiger partial charge in [0.15, 0.2) is 0 Å². The van der Waals surface area contributed by atoms with Crippen molar-refractivity contribution < 1.29 is 13.9 Å². The lowest BCUT2D eigenvalue weighted by atomic mass is 9.91. The lowest BCUT2D eigenvalue weighted by Gasteiger charge is -2.39. The van der Waals surface area contributed by atoms with Gasteiger partial charge in [-0.1, -0.05) is 6.92 Å². The molecule has 1 aliphatic heterocycles. The molecule has 2 nitrogen and oxygen atoms in total. The highest BCUT2D eigenvalue weighted by molar-refractivity contribution is 5.52. The zero-order valence-corrected chi connectivity index (χ0v) is 10.8. The molecule has 1 heterocycles. The largest absolute Gasteiger partial charge is 0.392 e. The molecule has 1 aromatic rings.